The molecule has 1 aromatic rings. The van der Waals surface area contributed by atoms with Crippen molar-refractivity contribution in [3.63, 3.8) is 0 Å². The lowest BCUT2D eigenvalue weighted by molar-refractivity contribution is -0.155. The van der Waals surface area contributed by atoms with Crippen LogP contribution in [0.25, 0.3) is 0 Å². The summed E-state index contributed by atoms with van der Waals surface area (Å²) in [4.78, 5) is 33.8. The molecule has 0 aromatic carbocycles. The Morgan fingerprint density at radius 2 is 2.00 bits per heavy atom. The van der Waals surface area contributed by atoms with Crippen molar-refractivity contribution in [3.8, 4) is 0 Å². The molecule has 0 aliphatic rings. The van der Waals surface area contributed by atoms with Gasteiger partial charge in [-0.1, -0.05) is 0 Å². The number of rotatable bonds is 3. The molecule has 0 aliphatic carbocycles. The van der Waals surface area contributed by atoms with Gasteiger partial charge in [-0.25, -0.2) is 0 Å². The van der Waals surface area contributed by atoms with Crippen LogP contribution in [0.3, 0.4) is 0 Å². The third-order valence-corrected chi connectivity index (χ3v) is 1.56. The van der Waals surface area contributed by atoms with Gasteiger partial charge in [0.05, 0.1) is 5.69 Å². The Hall–Kier alpha value is -1.91. The zero-order valence-electron chi connectivity index (χ0n) is 11.1. The normalized spacial score (nSPS) is 10.0. The zero-order valence-corrected chi connectivity index (χ0v) is 11.1. The van der Waals surface area contributed by atoms with Crippen molar-refractivity contribution in [2.45, 2.75) is 39.7 Å². The molecule has 1 aromatic heterocycles. The molecule has 1 heterocycles. The number of aromatic nitrogens is 1. The standard InChI is InChI=1S/C8H14O3.C5H5NO/c1-6(9)5-7(10)11-8(2,3)4;7-4-5-2-1-3-6-5/h5H2,1-4H3;1-4,6H. The second-order valence-corrected chi connectivity index (χ2v) is 4.71. The summed E-state index contributed by atoms with van der Waals surface area (Å²) in [6, 6.07) is 3.50. The van der Waals surface area contributed by atoms with Gasteiger partial charge in [-0.15, -0.1) is 0 Å². The molecular formula is C13H19NO4. The number of hydrogen-bond acceptors (Lipinski definition) is 4. The molecule has 0 atom stereocenters. The highest BCUT2D eigenvalue weighted by Gasteiger charge is 2.16. The van der Waals surface area contributed by atoms with Crippen LogP contribution in [0.5, 0.6) is 0 Å². The third-order valence-electron chi connectivity index (χ3n) is 1.56. The molecule has 5 nitrogen and oxygen atoms in total. The first-order chi connectivity index (χ1) is 8.24. The fourth-order valence-electron chi connectivity index (χ4n) is 0.998. The maximum Gasteiger partial charge on any atom is 0.313 e. The van der Waals surface area contributed by atoms with E-state index in [-0.39, 0.29) is 12.2 Å². The molecule has 5 heteroatoms. The summed E-state index contributed by atoms with van der Waals surface area (Å²) in [7, 11) is 0. The maximum absolute atomic E-state index is 10.8. The summed E-state index contributed by atoms with van der Waals surface area (Å²) < 4.78 is 4.89. The largest absolute Gasteiger partial charge is 0.460 e. The topological polar surface area (TPSA) is 76.2 Å². The number of carbonyl (C=O) groups excluding carboxylic acids is 3. The Morgan fingerprint density at radius 1 is 1.39 bits per heavy atom. The summed E-state index contributed by atoms with van der Waals surface area (Å²) in [5.41, 5.74) is 0.131. The van der Waals surface area contributed by atoms with E-state index in [1.165, 1.54) is 6.92 Å². The molecule has 0 fully saturated rings. The molecule has 0 saturated heterocycles. The SMILES string of the molecule is CC(=O)CC(=O)OC(C)(C)C.O=Cc1ccc[nH]1. The summed E-state index contributed by atoms with van der Waals surface area (Å²) in [6.45, 7) is 6.67. The van der Waals surface area contributed by atoms with Crippen LogP contribution < -0.4 is 0 Å². The summed E-state index contributed by atoms with van der Waals surface area (Å²) in [6.07, 6.45) is 2.36. The number of aromatic amines is 1. The first-order valence-corrected chi connectivity index (χ1v) is 5.54. The average molecular weight is 253 g/mol. The van der Waals surface area contributed by atoms with Crippen LogP contribution in [-0.2, 0) is 14.3 Å². The summed E-state index contributed by atoms with van der Waals surface area (Å²) in [5.74, 6) is -0.621. The fourth-order valence-corrected chi connectivity index (χ4v) is 0.998. The highest BCUT2D eigenvalue weighted by atomic mass is 16.6. The molecule has 100 valence electrons. The molecule has 18 heavy (non-hydrogen) atoms. The van der Waals surface area contributed by atoms with Gasteiger partial charge in [0, 0.05) is 6.20 Å². The van der Waals surface area contributed by atoms with Gasteiger partial charge >= 0.3 is 5.97 Å². The predicted octanol–water partition coefficient (Wildman–Crippen LogP) is 2.13. The number of H-pyrrole nitrogens is 1. The molecule has 0 bridgehead atoms. The average Bonchev–Trinajstić information content (AvgIpc) is 2.65. The molecule has 0 radical (unpaired) electrons. The first kappa shape index (κ1) is 16.1. The van der Waals surface area contributed by atoms with Crippen molar-refractivity contribution in [3.05, 3.63) is 24.0 Å². The van der Waals surface area contributed by atoms with Gasteiger partial charge < -0.3 is 9.72 Å². The monoisotopic (exact) mass is 253 g/mol. The minimum atomic E-state index is -0.494. The molecule has 1 N–H and O–H groups in total. The van der Waals surface area contributed by atoms with Crippen LogP contribution in [-0.4, -0.2) is 28.6 Å². The minimum Gasteiger partial charge on any atom is -0.460 e. The summed E-state index contributed by atoms with van der Waals surface area (Å²) >= 11 is 0. The van der Waals surface area contributed by atoms with Gasteiger partial charge in [-0.3, -0.25) is 14.4 Å². The van der Waals surface area contributed by atoms with Crippen LogP contribution >= 0.6 is 0 Å². The summed E-state index contributed by atoms with van der Waals surface area (Å²) in [5, 5.41) is 0. The predicted molar refractivity (Wildman–Crippen MR) is 67.3 cm³/mol. The Kier molecular flexibility index (Phi) is 6.63. The van der Waals surface area contributed by atoms with Crippen LogP contribution in [0.1, 0.15) is 44.6 Å². The van der Waals surface area contributed by atoms with E-state index in [1.54, 1.807) is 39.1 Å². The van der Waals surface area contributed by atoms with Crippen molar-refractivity contribution in [2.24, 2.45) is 0 Å². The number of ether oxygens (including phenoxy) is 1. The van der Waals surface area contributed by atoms with Crippen molar-refractivity contribution >= 4 is 18.0 Å². The number of aldehydes is 1. The van der Waals surface area contributed by atoms with Crippen molar-refractivity contribution in [1.82, 2.24) is 4.98 Å². The molecule has 0 spiro atoms. The molecule has 1 rings (SSSR count). The van der Waals surface area contributed by atoms with Gasteiger partial charge in [0.1, 0.15) is 17.8 Å². The maximum atomic E-state index is 10.8. The van der Waals surface area contributed by atoms with E-state index in [0.29, 0.717) is 5.69 Å². The van der Waals surface area contributed by atoms with E-state index in [9.17, 15) is 14.4 Å². The van der Waals surface area contributed by atoms with Crippen molar-refractivity contribution < 1.29 is 19.1 Å². The van der Waals surface area contributed by atoms with E-state index >= 15 is 0 Å². The Bertz CT molecular complexity index is 388. The quantitative estimate of drug-likeness (QED) is 0.508. The van der Waals surface area contributed by atoms with E-state index in [1.807, 2.05) is 0 Å². The highest BCUT2D eigenvalue weighted by Crippen LogP contribution is 2.07. The lowest BCUT2D eigenvalue weighted by atomic mass is 10.2. The minimum absolute atomic E-state index is 0.128. The Labute approximate surface area is 107 Å². The number of ketones is 1. The fraction of sp³-hybridized carbons (Fsp3) is 0.462. The van der Waals surface area contributed by atoms with E-state index in [4.69, 9.17) is 4.74 Å². The van der Waals surface area contributed by atoms with Crippen molar-refractivity contribution in [1.29, 1.82) is 0 Å². The third kappa shape index (κ3) is 9.33. The number of carbonyl (C=O) groups is 3. The van der Waals surface area contributed by atoms with Crippen LogP contribution in [0.2, 0.25) is 0 Å². The lowest BCUT2D eigenvalue weighted by Crippen LogP contribution is -2.24. The number of nitrogens with one attached hydrogen (secondary N) is 1. The molecule has 0 saturated carbocycles. The second kappa shape index (κ2) is 7.42. The zero-order chi connectivity index (χ0) is 14.2. The number of esters is 1. The molecule has 0 amide bonds. The van der Waals surface area contributed by atoms with Gasteiger partial charge in [0.25, 0.3) is 0 Å². The van der Waals surface area contributed by atoms with Gasteiger partial charge in [0.15, 0.2) is 6.29 Å². The highest BCUT2D eigenvalue weighted by molar-refractivity contribution is 5.94. The van der Waals surface area contributed by atoms with Crippen LogP contribution in [0.15, 0.2) is 18.3 Å². The van der Waals surface area contributed by atoms with Gasteiger partial charge in [0.2, 0.25) is 0 Å². The number of Topliss-reactive ketones (excluding diaryl/α,β-unsaturated/α-hetero) is 1. The van der Waals surface area contributed by atoms with Gasteiger partial charge in [-0.05, 0) is 39.8 Å². The van der Waals surface area contributed by atoms with Gasteiger partial charge in [-0.2, -0.15) is 0 Å². The van der Waals surface area contributed by atoms with Crippen molar-refractivity contribution in [2.75, 3.05) is 0 Å². The molecular weight excluding hydrogens is 234 g/mol. The smallest absolute Gasteiger partial charge is 0.313 e. The first-order valence-electron chi connectivity index (χ1n) is 5.54. The van der Waals surface area contributed by atoms with E-state index < -0.39 is 11.6 Å². The van der Waals surface area contributed by atoms with E-state index in [2.05, 4.69) is 4.98 Å². The van der Waals surface area contributed by atoms with E-state index in [0.717, 1.165) is 6.29 Å². The second-order valence-electron chi connectivity index (χ2n) is 4.71. The Morgan fingerprint density at radius 3 is 2.28 bits per heavy atom. The molecule has 0 unspecified atom stereocenters. The lowest BCUT2D eigenvalue weighted by Gasteiger charge is -2.18. The van der Waals surface area contributed by atoms with Crippen LogP contribution in [0.4, 0.5) is 0 Å². The molecule has 0 aliphatic heterocycles. The van der Waals surface area contributed by atoms with Crippen LogP contribution in [0, 0.1) is 0 Å². The number of hydrogen-bond donors (Lipinski definition) is 1. The Balaban J connectivity index is 0.000000351.